The number of pyridine rings is 1. The predicted molar refractivity (Wildman–Crippen MR) is 62.1 cm³/mol. The number of carboxylic acids is 1. The summed E-state index contributed by atoms with van der Waals surface area (Å²) in [7, 11) is 0. The molecule has 4 nitrogen and oxygen atoms in total. The Bertz CT molecular complexity index is 327. The van der Waals surface area contributed by atoms with Gasteiger partial charge < -0.3 is 5.11 Å². The summed E-state index contributed by atoms with van der Waals surface area (Å²) in [5, 5.41) is 12.1. The quantitative estimate of drug-likeness (QED) is 0.772. The van der Waals surface area contributed by atoms with E-state index in [1.54, 1.807) is 12.4 Å². The van der Waals surface area contributed by atoms with Crippen molar-refractivity contribution < 1.29 is 9.90 Å². The van der Waals surface area contributed by atoms with Gasteiger partial charge in [-0.15, -0.1) is 0 Å². The Morgan fingerprint density at radius 1 is 1.50 bits per heavy atom. The Kier molecular flexibility index (Phi) is 4.92. The number of hydrogen-bond acceptors (Lipinski definition) is 3. The lowest BCUT2D eigenvalue weighted by Crippen LogP contribution is -2.38. The Hall–Kier alpha value is -1.42. The van der Waals surface area contributed by atoms with Gasteiger partial charge >= 0.3 is 5.97 Å². The second-order valence-corrected chi connectivity index (χ2v) is 3.85. The van der Waals surface area contributed by atoms with E-state index in [-0.39, 0.29) is 6.04 Å². The molecule has 2 unspecified atom stereocenters. The molecule has 0 aliphatic heterocycles. The van der Waals surface area contributed by atoms with Crippen molar-refractivity contribution >= 4 is 5.97 Å². The molecule has 0 aromatic carbocycles. The number of carbonyl (C=O) groups is 1. The molecule has 0 aliphatic carbocycles. The van der Waals surface area contributed by atoms with Gasteiger partial charge in [-0.1, -0.05) is 13.3 Å². The number of aliphatic carboxylic acids is 1. The summed E-state index contributed by atoms with van der Waals surface area (Å²) in [6, 6.07) is 3.33. The molecule has 0 saturated carbocycles. The smallest absolute Gasteiger partial charge is 0.320 e. The Morgan fingerprint density at radius 3 is 2.62 bits per heavy atom. The van der Waals surface area contributed by atoms with Gasteiger partial charge in [0.2, 0.25) is 0 Å². The van der Waals surface area contributed by atoms with Gasteiger partial charge in [0.15, 0.2) is 0 Å². The molecule has 88 valence electrons. The van der Waals surface area contributed by atoms with Crippen LogP contribution in [0.2, 0.25) is 0 Å². The zero-order valence-corrected chi connectivity index (χ0v) is 9.68. The van der Waals surface area contributed by atoms with Crippen LogP contribution in [0.15, 0.2) is 24.5 Å². The number of carboxylic acid groups (broad SMARTS) is 1. The minimum absolute atomic E-state index is 0.0237. The zero-order valence-electron chi connectivity index (χ0n) is 9.68. The van der Waals surface area contributed by atoms with E-state index in [9.17, 15) is 4.79 Å². The van der Waals surface area contributed by atoms with Crippen molar-refractivity contribution in [1.29, 1.82) is 0 Å². The Balaban J connectivity index is 2.61. The van der Waals surface area contributed by atoms with E-state index >= 15 is 0 Å². The summed E-state index contributed by atoms with van der Waals surface area (Å²) in [6.45, 7) is 3.94. The van der Waals surface area contributed by atoms with Gasteiger partial charge in [-0.2, -0.15) is 0 Å². The molecule has 1 aromatic heterocycles. The van der Waals surface area contributed by atoms with Crippen LogP contribution in [-0.2, 0) is 4.79 Å². The van der Waals surface area contributed by atoms with Crippen molar-refractivity contribution in [2.45, 2.75) is 38.8 Å². The second-order valence-electron chi connectivity index (χ2n) is 3.85. The summed E-state index contributed by atoms with van der Waals surface area (Å²) < 4.78 is 0. The van der Waals surface area contributed by atoms with E-state index in [0.717, 1.165) is 12.0 Å². The van der Waals surface area contributed by atoms with Crippen molar-refractivity contribution in [3.05, 3.63) is 30.1 Å². The Labute approximate surface area is 95.7 Å². The van der Waals surface area contributed by atoms with E-state index in [0.29, 0.717) is 6.42 Å². The highest BCUT2D eigenvalue weighted by Crippen LogP contribution is 2.12. The van der Waals surface area contributed by atoms with Crippen LogP contribution in [0.5, 0.6) is 0 Å². The molecule has 0 saturated heterocycles. The van der Waals surface area contributed by atoms with Crippen LogP contribution in [0, 0.1) is 0 Å². The minimum atomic E-state index is -0.789. The molecular formula is C12H18N2O2. The van der Waals surface area contributed by atoms with Crippen LogP contribution in [0.25, 0.3) is 0 Å². The molecule has 1 rings (SSSR count). The van der Waals surface area contributed by atoms with Gasteiger partial charge in [-0.25, -0.2) is 0 Å². The zero-order chi connectivity index (χ0) is 12.0. The number of aromatic nitrogens is 1. The van der Waals surface area contributed by atoms with Crippen LogP contribution in [0.3, 0.4) is 0 Å². The number of rotatable bonds is 6. The van der Waals surface area contributed by atoms with E-state index in [2.05, 4.69) is 10.3 Å². The van der Waals surface area contributed by atoms with Crippen LogP contribution in [-0.4, -0.2) is 22.1 Å². The van der Waals surface area contributed by atoms with Gasteiger partial charge in [0.1, 0.15) is 6.04 Å². The molecule has 1 heterocycles. The van der Waals surface area contributed by atoms with Crippen LogP contribution in [0.1, 0.15) is 38.3 Å². The third-order valence-corrected chi connectivity index (χ3v) is 2.53. The molecule has 0 radical (unpaired) electrons. The number of hydrogen-bond donors (Lipinski definition) is 2. The van der Waals surface area contributed by atoms with Crippen LogP contribution < -0.4 is 5.32 Å². The lowest BCUT2D eigenvalue weighted by atomic mass is 10.1. The lowest BCUT2D eigenvalue weighted by Gasteiger charge is -2.19. The van der Waals surface area contributed by atoms with Gasteiger partial charge in [0.25, 0.3) is 0 Å². The summed E-state index contributed by atoms with van der Waals surface area (Å²) in [5.74, 6) is -0.789. The lowest BCUT2D eigenvalue weighted by molar-refractivity contribution is -0.139. The summed E-state index contributed by atoms with van der Waals surface area (Å²) >= 11 is 0. The average Bonchev–Trinajstić information content (AvgIpc) is 2.29. The summed E-state index contributed by atoms with van der Waals surface area (Å²) in [4.78, 5) is 14.9. The molecule has 1 aromatic rings. The second kappa shape index (κ2) is 6.23. The first-order valence-corrected chi connectivity index (χ1v) is 5.54. The normalized spacial score (nSPS) is 14.4. The molecule has 4 heteroatoms. The largest absolute Gasteiger partial charge is 0.480 e. The average molecular weight is 222 g/mol. The van der Waals surface area contributed by atoms with Crippen molar-refractivity contribution in [3.8, 4) is 0 Å². The van der Waals surface area contributed by atoms with Crippen molar-refractivity contribution in [2.75, 3.05) is 0 Å². The van der Waals surface area contributed by atoms with Gasteiger partial charge in [-0.05, 0) is 31.0 Å². The Morgan fingerprint density at radius 2 is 2.12 bits per heavy atom. The molecule has 0 spiro atoms. The molecule has 2 N–H and O–H groups in total. The fraction of sp³-hybridized carbons (Fsp3) is 0.500. The maximum atomic E-state index is 11.0. The van der Waals surface area contributed by atoms with E-state index in [1.807, 2.05) is 26.0 Å². The SMILES string of the molecule is CCCC(NC(C)c1ccncc1)C(=O)O. The maximum Gasteiger partial charge on any atom is 0.320 e. The van der Waals surface area contributed by atoms with Crippen molar-refractivity contribution in [1.82, 2.24) is 10.3 Å². The minimum Gasteiger partial charge on any atom is -0.480 e. The predicted octanol–water partition coefficient (Wildman–Crippen LogP) is 1.99. The standard InChI is InChI=1S/C12H18N2O2/c1-3-4-11(12(15)16)14-9(2)10-5-7-13-8-6-10/h5-9,11,14H,3-4H2,1-2H3,(H,15,16). The monoisotopic (exact) mass is 222 g/mol. The van der Waals surface area contributed by atoms with E-state index in [4.69, 9.17) is 5.11 Å². The molecule has 16 heavy (non-hydrogen) atoms. The van der Waals surface area contributed by atoms with Gasteiger partial charge in [-0.3, -0.25) is 15.1 Å². The molecule has 2 atom stereocenters. The fourth-order valence-corrected chi connectivity index (χ4v) is 1.62. The van der Waals surface area contributed by atoms with Gasteiger partial charge in [0.05, 0.1) is 0 Å². The first-order valence-electron chi connectivity index (χ1n) is 5.54. The topological polar surface area (TPSA) is 62.2 Å². The number of nitrogens with one attached hydrogen (secondary N) is 1. The first-order chi connectivity index (χ1) is 7.65. The molecular weight excluding hydrogens is 204 g/mol. The number of nitrogens with zero attached hydrogens (tertiary/aromatic N) is 1. The van der Waals surface area contributed by atoms with Crippen molar-refractivity contribution in [2.24, 2.45) is 0 Å². The third kappa shape index (κ3) is 3.62. The van der Waals surface area contributed by atoms with Crippen LogP contribution in [0.4, 0.5) is 0 Å². The van der Waals surface area contributed by atoms with E-state index < -0.39 is 12.0 Å². The molecule has 0 fully saturated rings. The summed E-state index contributed by atoms with van der Waals surface area (Å²) in [5.41, 5.74) is 1.05. The highest BCUT2D eigenvalue weighted by Gasteiger charge is 2.18. The van der Waals surface area contributed by atoms with E-state index in [1.165, 1.54) is 0 Å². The fourth-order valence-electron chi connectivity index (χ4n) is 1.62. The third-order valence-electron chi connectivity index (χ3n) is 2.53. The molecule has 0 bridgehead atoms. The van der Waals surface area contributed by atoms with Crippen LogP contribution >= 0.6 is 0 Å². The first kappa shape index (κ1) is 12.6. The van der Waals surface area contributed by atoms with Crippen molar-refractivity contribution in [3.63, 3.8) is 0 Å². The highest BCUT2D eigenvalue weighted by atomic mass is 16.4. The summed E-state index contributed by atoms with van der Waals surface area (Å²) in [6.07, 6.45) is 4.92. The highest BCUT2D eigenvalue weighted by molar-refractivity contribution is 5.73. The maximum absolute atomic E-state index is 11.0. The van der Waals surface area contributed by atoms with Gasteiger partial charge in [0, 0.05) is 18.4 Å². The molecule has 0 aliphatic rings. The molecule has 0 amide bonds.